The molecule has 0 radical (unpaired) electrons. The third-order valence-corrected chi connectivity index (χ3v) is 3.48. The van der Waals surface area contributed by atoms with Gasteiger partial charge in [0.15, 0.2) is 0 Å². The number of rotatable bonds is 2. The number of pyridine rings is 1. The molecule has 4 nitrogen and oxygen atoms in total. The van der Waals surface area contributed by atoms with E-state index in [4.69, 9.17) is 5.73 Å². The minimum atomic E-state index is -0.137. The molecule has 0 aliphatic carbocycles. The number of nitrogens with zero attached hydrogens (tertiary/aromatic N) is 2. The highest BCUT2D eigenvalue weighted by molar-refractivity contribution is 9.10. The van der Waals surface area contributed by atoms with Crippen molar-refractivity contribution in [2.75, 3.05) is 17.7 Å². The van der Waals surface area contributed by atoms with Crippen molar-refractivity contribution < 1.29 is 4.79 Å². The van der Waals surface area contributed by atoms with Crippen molar-refractivity contribution in [2.24, 2.45) is 0 Å². The Labute approximate surface area is 114 Å². The molecule has 0 spiro atoms. The second-order valence-electron chi connectivity index (χ2n) is 3.78. The molecule has 0 atom stereocenters. The summed E-state index contributed by atoms with van der Waals surface area (Å²) in [5.41, 5.74) is 7.57. The molecule has 0 saturated carbocycles. The Morgan fingerprint density at radius 3 is 2.78 bits per heavy atom. The average Bonchev–Trinajstić information content (AvgIpc) is 2.41. The van der Waals surface area contributed by atoms with E-state index >= 15 is 0 Å². The molecule has 0 aliphatic rings. The number of amides is 1. The molecule has 1 aromatic heterocycles. The van der Waals surface area contributed by atoms with Gasteiger partial charge in [-0.3, -0.25) is 9.78 Å². The number of nitrogen functional groups attached to an aromatic ring is 1. The first-order valence-electron chi connectivity index (χ1n) is 5.33. The number of anilines is 2. The van der Waals surface area contributed by atoms with Crippen LogP contribution in [0.25, 0.3) is 0 Å². The number of hydrogen-bond acceptors (Lipinski definition) is 3. The monoisotopic (exact) mass is 305 g/mol. The molecule has 2 N–H and O–H groups in total. The molecule has 0 unspecified atom stereocenters. The van der Waals surface area contributed by atoms with Gasteiger partial charge in [0, 0.05) is 18.9 Å². The van der Waals surface area contributed by atoms with E-state index in [-0.39, 0.29) is 5.91 Å². The lowest BCUT2D eigenvalue weighted by atomic mass is 10.1. The van der Waals surface area contributed by atoms with Crippen molar-refractivity contribution in [3.8, 4) is 0 Å². The van der Waals surface area contributed by atoms with Gasteiger partial charge in [-0.05, 0) is 40.2 Å². The Kier molecular flexibility index (Phi) is 3.62. The number of nitrogens with two attached hydrogens (primary N) is 1. The van der Waals surface area contributed by atoms with Crippen LogP contribution in [-0.4, -0.2) is 17.9 Å². The summed E-state index contributed by atoms with van der Waals surface area (Å²) in [5.74, 6) is -0.137. The van der Waals surface area contributed by atoms with E-state index < -0.39 is 0 Å². The number of aromatic nitrogens is 1. The van der Waals surface area contributed by atoms with Crippen LogP contribution in [0.2, 0.25) is 0 Å². The van der Waals surface area contributed by atoms with Crippen LogP contribution < -0.4 is 10.6 Å². The van der Waals surface area contributed by atoms with Crippen molar-refractivity contribution in [2.45, 2.75) is 0 Å². The fraction of sp³-hybridized carbons (Fsp3) is 0.0769. The zero-order chi connectivity index (χ0) is 13.1. The van der Waals surface area contributed by atoms with Gasteiger partial charge >= 0.3 is 0 Å². The summed E-state index contributed by atoms with van der Waals surface area (Å²) in [6, 6.07) is 8.84. The zero-order valence-electron chi connectivity index (χ0n) is 9.80. The minimum Gasteiger partial charge on any atom is -0.398 e. The molecule has 1 amide bonds. The molecule has 0 saturated heterocycles. The maximum Gasteiger partial charge on any atom is 0.259 e. The van der Waals surface area contributed by atoms with Crippen molar-refractivity contribution in [1.82, 2.24) is 4.98 Å². The predicted molar refractivity (Wildman–Crippen MR) is 75.5 cm³/mol. The molecule has 1 heterocycles. The fourth-order valence-electron chi connectivity index (χ4n) is 1.57. The summed E-state index contributed by atoms with van der Waals surface area (Å²) in [6.45, 7) is 0. The smallest absolute Gasteiger partial charge is 0.259 e. The summed E-state index contributed by atoms with van der Waals surface area (Å²) in [5, 5.41) is 0. The topological polar surface area (TPSA) is 59.2 Å². The lowest BCUT2D eigenvalue weighted by Gasteiger charge is -2.18. The number of benzene rings is 1. The predicted octanol–water partition coefficient (Wildman–Crippen LogP) is 2.70. The van der Waals surface area contributed by atoms with Crippen molar-refractivity contribution in [1.29, 1.82) is 0 Å². The van der Waals surface area contributed by atoms with Crippen LogP contribution in [-0.2, 0) is 0 Å². The molecule has 92 valence electrons. The Morgan fingerprint density at radius 1 is 1.33 bits per heavy atom. The van der Waals surface area contributed by atoms with Crippen LogP contribution in [0.3, 0.4) is 0 Å². The summed E-state index contributed by atoms with van der Waals surface area (Å²) in [6.07, 6.45) is 3.30. The third kappa shape index (κ3) is 2.36. The number of carbonyl (C=O) groups excluding carboxylic acids is 1. The van der Waals surface area contributed by atoms with Crippen LogP contribution >= 0.6 is 15.9 Å². The fourth-order valence-corrected chi connectivity index (χ4v) is 2.00. The zero-order valence-corrected chi connectivity index (χ0v) is 11.4. The number of carbonyl (C=O) groups is 1. The Bertz CT molecular complexity index is 572. The molecule has 2 rings (SSSR count). The molecule has 1 aromatic carbocycles. The van der Waals surface area contributed by atoms with E-state index in [2.05, 4.69) is 20.9 Å². The highest BCUT2D eigenvalue weighted by Crippen LogP contribution is 2.25. The Morgan fingerprint density at radius 2 is 2.11 bits per heavy atom. The van der Waals surface area contributed by atoms with E-state index in [1.54, 1.807) is 43.7 Å². The molecular formula is C13H12BrN3O. The average molecular weight is 306 g/mol. The normalized spacial score (nSPS) is 10.1. The molecule has 0 aliphatic heterocycles. The van der Waals surface area contributed by atoms with Gasteiger partial charge in [0.25, 0.3) is 5.91 Å². The van der Waals surface area contributed by atoms with E-state index in [1.165, 1.54) is 4.90 Å². The Hall–Kier alpha value is -1.88. The largest absolute Gasteiger partial charge is 0.398 e. The Balaban J connectivity index is 2.35. The van der Waals surface area contributed by atoms with Gasteiger partial charge in [-0.25, -0.2) is 0 Å². The molecule has 2 aromatic rings. The van der Waals surface area contributed by atoms with Crippen LogP contribution in [0, 0.1) is 0 Å². The van der Waals surface area contributed by atoms with E-state index in [1.807, 2.05) is 6.07 Å². The standard InChI is InChI=1S/C13H12BrN3O/c1-17(9-4-3-7-16-8-9)13(18)10-5-2-6-11(15)12(10)14/h2-8H,15H2,1H3. The van der Waals surface area contributed by atoms with Crippen LogP contribution in [0.4, 0.5) is 11.4 Å². The lowest BCUT2D eigenvalue weighted by Crippen LogP contribution is -2.26. The second kappa shape index (κ2) is 5.18. The minimum absolute atomic E-state index is 0.137. The van der Waals surface area contributed by atoms with Crippen LogP contribution in [0.15, 0.2) is 47.2 Å². The first-order valence-corrected chi connectivity index (χ1v) is 6.12. The molecule has 0 fully saturated rings. The summed E-state index contributed by atoms with van der Waals surface area (Å²) < 4.78 is 0.616. The van der Waals surface area contributed by atoms with Gasteiger partial charge < -0.3 is 10.6 Å². The summed E-state index contributed by atoms with van der Waals surface area (Å²) >= 11 is 3.33. The van der Waals surface area contributed by atoms with Crippen molar-refractivity contribution in [3.05, 3.63) is 52.8 Å². The van der Waals surface area contributed by atoms with E-state index in [9.17, 15) is 4.79 Å². The van der Waals surface area contributed by atoms with Gasteiger partial charge in [-0.2, -0.15) is 0 Å². The third-order valence-electron chi connectivity index (χ3n) is 2.60. The highest BCUT2D eigenvalue weighted by Gasteiger charge is 2.17. The number of halogens is 1. The highest BCUT2D eigenvalue weighted by atomic mass is 79.9. The van der Waals surface area contributed by atoms with E-state index in [0.29, 0.717) is 15.7 Å². The van der Waals surface area contributed by atoms with Gasteiger partial charge in [-0.1, -0.05) is 6.07 Å². The number of hydrogen-bond donors (Lipinski definition) is 1. The maximum absolute atomic E-state index is 12.3. The van der Waals surface area contributed by atoms with Gasteiger partial charge in [0.05, 0.1) is 21.9 Å². The molecule has 18 heavy (non-hydrogen) atoms. The first-order chi connectivity index (χ1) is 8.61. The molecule has 5 heteroatoms. The lowest BCUT2D eigenvalue weighted by molar-refractivity contribution is 0.0992. The first kappa shape index (κ1) is 12.6. The van der Waals surface area contributed by atoms with Crippen molar-refractivity contribution >= 4 is 33.2 Å². The van der Waals surface area contributed by atoms with Gasteiger partial charge in [0.2, 0.25) is 0 Å². The second-order valence-corrected chi connectivity index (χ2v) is 4.58. The van der Waals surface area contributed by atoms with Gasteiger partial charge in [0.1, 0.15) is 0 Å². The maximum atomic E-state index is 12.3. The van der Waals surface area contributed by atoms with Crippen LogP contribution in [0.1, 0.15) is 10.4 Å². The van der Waals surface area contributed by atoms with Crippen LogP contribution in [0.5, 0.6) is 0 Å². The molecular weight excluding hydrogens is 294 g/mol. The SMILES string of the molecule is CN(C(=O)c1cccc(N)c1Br)c1cccnc1. The quantitative estimate of drug-likeness (QED) is 0.868. The van der Waals surface area contributed by atoms with Crippen molar-refractivity contribution in [3.63, 3.8) is 0 Å². The molecule has 0 bridgehead atoms. The summed E-state index contributed by atoms with van der Waals surface area (Å²) in [4.78, 5) is 17.9. The van der Waals surface area contributed by atoms with E-state index in [0.717, 1.165) is 5.69 Å². The summed E-state index contributed by atoms with van der Waals surface area (Å²) in [7, 11) is 1.70. The van der Waals surface area contributed by atoms with Gasteiger partial charge in [-0.15, -0.1) is 0 Å².